The van der Waals surface area contributed by atoms with Crippen molar-refractivity contribution in [3.8, 4) is 5.75 Å². The molecule has 32 heavy (non-hydrogen) atoms. The maximum atomic E-state index is 6.03. The number of fused-ring (bicyclic) bond motifs is 2. The Morgan fingerprint density at radius 2 is 2.03 bits per heavy atom. The zero-order valence-electron chi connectivity index (χ0n) is 19.2. The fourth-order valence-corrected chi connectivity index (χ4v) is 6.78. The van der Waals surface area contributed by atoms with Crippen LogP contribution in [-0.2, 0) is 0 Å². The molecule has 0 N–H and O–H groups in total. The van der Waals surface area contributed by atoms with Crippen LogP contribution in [0.4, 0.5) is 0 Å². The maximum absolute atomic E-state index is 6.03. The van der Waals surface area contributed by atoms with Gasteiger partial charge in [-0.25, -0.2) is 0 Å². The van der Waals surface area contributed by atoms with Gasteiger partial charge < -0.3 is 4.74 Å². The third-order valence-electron chi connectivity index (χ3n) is 6.91. The van der Waals surface area contributed by atoms with Crippen molar-refractivity contribution in [3.05, 3.63) is 59.5 Å². The number of hydrogen-bond acceptors (Lipinski definition) is 4. The number of ether oxygens (including phenoxy) is 1. The van der Waals surface area contributed by atoms with Crippen LogP contribution in [0.25, 0.3) is 15.7 Å². The van der Waals surface area contributed by atoms with Gasteiger partial charge in [0.05, 0.1) is 6.10 Å². The molecule has 2 aromatic carbocycles. The third-order valence-corrected chi connectivity index (χ3v) is 8.86. The first-order valence-corrected chi connectivity index (χ1v) is 13.8. The number of benzene rings is 2. The topological polar surface area (TPSA) is 12.5 Å². The van der Waals surface area contributed by atoms with E-state index in [0.29, 0.717) is 0 Å². The Labute approximate surface area is 200 Å². The lowest BCUT2D eigenvalue weighted by molar-refractivity contribution is 0.161. The summed E-state index contributed by atoms with van der Waals surface area (Å²) in [5.74, 6) is 0.960. The van der Waals surface area contributed by atoms with Crippen molar-refractivity contribution >= 4 is 38.8 Å². The minimum atomic E-state index is 0.243. The fourth-order valence-electron chi connectivity index (χ4n) is 4.91. The highest BCUT2D eigenvalue weighted by atomic mass is 32.2. The molecular formula is C28H33NOS2. The average Bonchev–Trinajstić information content (AvgIpc) is 3.11. The molecule has 2 atom stereocenters. The van der Waals surface area contributed by atoms with Gasteiger partial charge in [0.2, 0.25) is 0 Å². The Bertz CT molecular complexity index is 1100. The zero-order valence-corrected chi connectivity index (χ0v) is 20.8. The van der Waals surface area contributed by atoms with Crippen LogP contribution in [0.1, 0.15) is 57.9 Å². The maximum Gasteiger partial charge on any atom is 0.120 e. The molecule has 0 spiro atoms. The van der Waals surface area contributed by atoms with Crippen molar-refractivity contribution in [2.75, 3.05) is 13.1 Å². The van der Waals surface area contributed by atoms with Gasteiger partial charge in [0, 0.05) is 32.5 Å². The normalized spacial score (nSPS) is 20.4. The van der Waals surface area contributed by atoms with E-state index in [1.165, 1.54) is 64.1 Å². The van der Waals surface area contributed by atoms with Crippen LogP contribution in [-0.4, -0.2) is 30.1 Å². The highest BCUT2D eigenvalue weighted by molar-refractivity contribution is 7.99. The van der Waals surface area contributed by atoms with Crippen molar-refractivity contribution in [3.63, 3.8) is 0 Å². The zero-order chi connectivity index (χ0) is 21.9. The molecule has 0 saturated carbocycles. The van der Waals surface area contributed by atoms with E-state index < -0.39 is 0 Å². The number of rotatable bonds is 6. The molecule has 2 aliphatic rings. The van der Waals surface area contributed by atoms with E-state index in [4.69, 9.17) is 4.74 Å². The highest BCUT2D eigenvalue weighted by Crippen LogP contribution is 2.39. The lowest BCUT2D eigenvalue weighted by Gasteiger charge is -2.33. The van der Waals surface area contributed by atoms with Gasteiger partial charge in [0.1, 0.15) is 5.75 Å². The van der Waals surface area contributed by atoms with E-state index in [2.05, 4.69) is 72.7 Å². The SMILES string of the molecule is CCC(C)Oc1cccc(Sc2ccc3scc(C4=CCN5CCCCC5CC4)c3c2)c1. The quantitative estimate of drug-likeness (QED) is 0.365. The van der Waals surface area contributed by atoms with E-state index >= 15 is 0 Å². The number of allylic oxidation sites excluding steroid dienone is 1. The first kappa shape index (κ1) is 22.1. The number of piperidine rings is 1. The van der Waals surface area contributed by atoms with Crippen LogP contribution in [0.15, 0.2) is 63.7 Å². The molecule has 5 rings (SSSR count). The second-order valence-electron chi connectivity index (χ2n) is 9.13. The molecule has 2 nitrogen and oxygen atoms in total. The van der Waals surface area contributed by atoms with Gasteiger partial charge in [0.15, 0.2) is 0 Å². The van der Waals surface area contributed by atoms with Gasteiger partial charge >= 0.3 is 0 Å². The lowest BCUT2D eigenvalue weighted by Crippen LogP contribution is -2.38. The Kier molecular flexibility index (Phi) is 6.91. The second kappa shape index (κ2) is 10.0. The van der Waals surface area contributed by atoms with Crippen molar-refractivity contribution in [2.24, 2.45) is 0 Å². The molecule has 168 valence electrons. The summed E-state index contributed by atoms with van der Waals surface area (Å²) in [7, 11) is 0. The third kappa shape index (κ3) is 4.93. The van der Waals surface area contributed by atoms with E-state index in [1.807, 2.05) is 23.1 Å². The highest BCUT2D eigenvalue weighted by Gasteiger charge is 2.24. The van der Waals surface area contributed by atoms with Gasteiger partial charge in [-0.2, -0.15) is 0 Å². The van der Waals surface area contributed by atoms with Crippen molar-refractivity contribution in [1.82, 2.24) is 4.90 Å². The molecule has 0 radical (unpaired) electrons. The Morgan fingerprint density at radius 1 is 1.12 bits per heavy atom. The van der Waals surface area contributed by atoms with Crippen molar-refractivity contribution in [1.29, 1.82) is 0 Å². The summed E-state index contributed by atoms with van der Waals surface area (Å²) in [6.45, 7) is 6.68. The number of nitrogens with zero attached hydrogens (tertiary/aromatic N) is 1. The Balaban J connectivity index is 1.37. The summed E-state index contributed by atoms with van der Waals surface area (Å²) in [4.78, 5) is 5.23. The predicted octanol–water partition coefficient (Wildman–Crippen LogP) is 8.26. The molecule has 3 aromatic rings. The first-order chi connectivity index (χ1) is 15.7. The molecule has 2 unspecified atom stereocenters. The fraction of sp³-hybridized carbons (Fsp3) is 0.429. The van der Waals surface area contributed by atoms with Crippen LogP contribution in [0.3, 0.4) is 0 Å². The summed E-state index contributed by atoms with van der Waals surface area (Å²) in [6.07, 6.45) is 10.4. The van der Waals surface area contributed by atoms with Crippen molar-refractivity contribution in [2.45, 2.75) is 74.3 Å². The van der Waals surface area contributed by atoms with Crippen LogP contribution in [0, 0.1) is 0 Å². The minimum Gasteiger partial charge on any atom is -0.491 e. The van der Waals surface area contributed by atoms with E-state index in [-0.39, 0.29) is 6.10 Å². The monoisotopic (exact) mass is 463 g/mol. The largest absolute Gasteiger partial charge is 0.491 e. The lowest BCUT2D eigenvalue weighted by atomic mass is 9.95. The van der Waals surface area contributed by atoms with E-state index in [1.54, 1.807) is 5.57 Å². The standard InChI is InChI=1S/C28H33NOS2/c1-3-20(2)30-23-8-6-9-24(17-23)32-25-12-13-28-26(18-25)27(19-31-28)21-10-11-22-7-4-5-15-29(22)16-14-21/h6,8-9,12-14,17-20,22H,3-5,7,10-11,15-16H2,1-2H3. The molecule has 1 fully saturated rings. The van der Waals surface area contributed by atoms with E-state index in [9.17, 15) is 0 Å². The molecular weight excluding hydrogens is 430 g/mol. The molecule has 4 heteroatoms. The van der Waals surface area contributed by atoms with Crippen LogP contribution < -0.4 is 4.74 Å². The van der Waals surface area contributed by atoms with Gasteiger partial charge in [-0.05, 0) is 98.5 Å². The van der Waals surface area contributed by atoms with Gasteiger partial charge in [-0.3, -0.25) is 4.90 Å². The second-order valence-corrected chi connectivity index (χ2v) is 11.2. The molecule has 0 bridgehead atoms. The van der Waals surface area contributed by atoms with Gasteiger partial charge in [0.25, 0.3) is 0 Å². The summed E-state index contributed by atoms with van der Waals surface area (Å²) in [6, 6.07) is 16.2. The smallest absolute Gasteiger partial charge is 0.120 e. The minimum absolute atomic E-state index is 0.243. The summed E-state index contributed by atoms with van der Waals surface area (Å²) < 4.78 is 7.42. The number of hydrogen-bond donors (Lipinski definition) is 0. The predicted molar refractivity (Wildman–Crippen MR) is 139 cm³/mol. The molecule has 0 aliphatic carbocycles. The van der Waals surface area contributed by atoms with E-state index in [0.717, 1.165) is 24.8 Å². The van der Waals surface area contributed by atoms with Gasteiger partial charge in [-0.1, -0.05) is 37.2 Å². The summed E-state index contributed by atoms with van der Waals surface area (Å²) >= 11 is 3.71. The molecule has 1 aromatic heterocycles. The van der Waals surface area contributed by atoms with Crippen LogP contribution in [0.5, 0.6) is 5.75 Å². The van der Waals surface area contributed by atoms with Gasteiger partial charge in [-0.15, -0.1) is 11.3 Å². The van der Waals surface area contributed by atoms with Crippen LogP contribution in [0.2, 0.25) is 0 Å². The average molecular weight is 464 g/mol. The summed E-state index contributed by atoms with van der Waals surface area (Å²) in [5, 5.41) is 3.80. The Morgan fingerprint density at radius 3 is 2.94 bits per heavy atom. The molecule has 0 amide bonds. The molecule has 2 aliphatic heterocycles. The molecule has 1 saturated heterocycles. The molecule has 3 heterocycles. The van der Waals surface area contributed by atoms with Crippen molar-refractivity contribution < 1.29 is 4.74 Å². The Hall–Kier alpha value is -1.75. The summed E-state index contributed by atoms with van der Waals surface area (Å²) in [5.41, 5.74) is 3.01. The first-order valence-electron chi connectivity index (χ1n) is 12.1. The number of thiophene rings is 1. The van der Waals surface area contributed by atoms with Crippen LogP contribution >= 0.6 is 23.1 Å².